The summed E-state index contributed by atoms with van der Waals surface area (Å²) in [5.41, 5.74) is 5.89. The third-order valence-electron chi connectivity index (χ3n) is 5.73. The molecule has 0 aliphatic carbocycles. The molecule has 0 bridgehead atoms. The highest BCUT2D eigenvalue weighted by atomic mass is 32.2. The Labute approximate surface area is 179 Å². The molecule has 0 fully saturated rings. The number of carbonyl (C=O) groups excluding carboxylic acids is 1. The van der Waals surface area contributed by atoms with Gasteiger partial charge in [0.25, 0.3) is 5.91 Å². The van der Waals surface area contributed by atoms with Crippen molar-refractivity contribution < 1.29 is 18.9 Å². The lowest BCUT2D eigenvalue weighted by Crippen LogP contribution is -2.51. The first-order chi connectivity index (χ1) is 14.3. The maximum absolute atomic E-state index is 13.0. The molecule has 2 heterocycles. The zero-order valence-corrected chi connectivity index (χ0v) is 17.9. The van der Waals surface area contributed by atoms with E-state index in [9.17, 15) is 13.7 Å². The standard InChI is InChI=1S/C22H26FN3O3S/c1-22(30(2)29,21(27)25-28)11-14-26-12-9-18(10-13-26)16-3-5-17(6-4-16)19-7-8-20(23)24-15-19/h3-9,15,28H,10-14H2,1-2H3,(H,25,27). The number of hydrogen-bond donors (Lipinski definition) is 2. The highest BCUT2D eigenvalue weighted by Crippen LogP contribution is 2.27. The molecule has 2 aromatic rings. The van der Waals surface area contributed by atoms with Crippen molar-refractivity contribution >= 4 is 22.7 Å². The van der Waals surface area contributed by atoms with Crippen molar-refractivity contribution in [2.75, 3.05) is 25.9 Å². The van der Waals surface area contributed by atoms with Crippen molar-refractivity contribution in [2.45, 2.75) is 24.5 Å². The van der Waals surface area contributed by atoms with Crippen LogP contribution >= 0.6 is 0 Å². The Bertz CT molecular complexity index is 903. The summed E-state index contributed by atoms with van der Waals surface area (Å²) in [7, 11) is 0. The first kappa shape index (κ1) is 22.4. The number of benzene rings is 1. The molecule has 0 radical (unpaired) electrons. The van der Waals surface area contributed by atoms with E-state index in [0.717, 1.165) is 36.2 Å². The molecule has 1 aromatic carbocycles. The fourth-order valence-corrected chi connectivity index (χ4v) is 4.16. The van der Waals surface area contributed by atoms with Gasteiger partial charge in [0.15, 0.2) is 0 Å². The molecule has 30 heavy (non-hydrogen) atoms. The minimum absolute atomic E-state index is 0.395. The average Bonchev–Trinajstić information content (AvgIpc) is 2.77. The van der Waals surface area contributed by atoms with Gasteiger partial charge < -0.3 is 4.55 Å². The third-order valence-corrected chi connectivity index (χ3v) is 7.39. The summed E-state index contributed by atoms with van der Waals surface area (Å²) in [5, 5.41) is 8.94. The first-order valence-corrected chi connectivity index (χ1v) is 11.3. The number of rotatable bonds is 7. The number of nitrogens with zero attached hydrogens (tertiary/aromatic N) is 2. The summed E-state index contributed by atoms with van der Waals surface area (Å²) in [5.74, 6) is -1.11. The summed E-state index contributed by atoms with van der Waals surface area (Å²) in [6.45, 7) is 3.80. The van der Waals surface area contributed by atoms with E-state index >= 15 is 0 Å². The number of pyridine rings is 1. The molecule has 0 spiro atoms. The second-order valence-electron chi connectivity index (χ2n) is 7.60. The topological polar surface area (TPSA) is 88.5 Å². The Balaban J connectivity index is 1.60. The Morgan fingerprint density at radius 3 is 2.47 bits per heavy atom. The Morgan fingerprint density at radius 1 is 1.27 bits per heavy atom. The third kappa shape index (κ3) is 5.07. The van der Waals surface area contributed by atoms with Crippen LogP contribution in [-0.4, -0.2) is 56.2 Å². The number of carbonyl (C=O) groups is 1. The smallest absolute Gasteiger partial charge is 0.299 e. The predicted octanol–water partition coefficient (Wildman–Crippen LogP) is 3.01. The first-order valence-electron chi connectivity index (χ1n) is 9.75. The van der Waals surface area contributed by atoms with Crippen LogP contribution in [0.15, 0.2) is 48.7 Å². The van der Waals surface area contributed by atoms with Crippen molar-refractivity contribution in [1.82, 2.24) is 15.4 Å². The van der Waals surface area contributed by atoms with Gasteiger partial charge in [0.05, 0.1) is 6.26 Å². The lowest BCUT2D eigenvalue weighted by atomic mass is 9.96. The largest absolute Gasteiger partial charge is 0.616 e. The number of amides is 1. The van der Waals surface area contributed by atoms with Crippen LogP contribution in [0.3, 0.4) is 0 Å². The van der Waals surface area contributed by atoms with E-state index in [1.54, 1.807) is 18.5 Å². The van der Waals surface area contributed by atoms with E-state index in [1.165, 1.54) is 24.1 Å². The van der Waals surface area contributed by atoms with Gasteiger partial charge in [0, 0.05) is 37.8 Å². The minimum atomic E-state index is -1.40. The van der Waals surface area contributed by atoms with Crippen LogP contribution in [0.1, 0.15) is 25.3 Å². The number of aromatic nitrogens is 1. The van der Waals surface area contributed by atoms with Gasteiger partial charge in [-0.3, -0.25) is 14.9 Å². The van der Waals surface area contributed by atoms with Crippen LogP contribution in [0.2, 0.25) is 0 Å². The molecule has 0 saturated carbocycles. The van der Waals surface area contributed by atoms with E-state index in [0.29, 0.717) is 13.0 Å². The maximum atomic E-state index is 13.0. The fourth-order valence-electron chi connectivity index (χ4n) is 3.48. The summed E-state index contributed by atoms with van der Waals surface area (Å²) >= 11 is -1.40. The molecule has 8 heteroatoms. The monoisotopic (exact) mass is 431 g/mol. The van der Waals surface area contributed by atoms with Crippen LogP contribution in [0.4, 0.5) is 4.39 Å². The van der Waals surface area contributed by atoms with E-state index in [1.807, 2.05) is 12.1 Å². The molecule has 2 N–H and O–H groups in total. The summed E-state index contributed by atoms with van der Waals surface area (Å²) in [6, 6.07) is 11.2. The van der Waals surface area contributed by atoms with Crippen molar-refractivity contribution in [3.63, 3.8) is 0 Å². The van der Waals surface area contributed by atoms with Crippen LogP contribution in [0, 0.1) is 5.95 Å². The number of halogens is 1. The van der Waals surface area contributed by atoms with Gasteiger partial charge in [0.1, 0.15) is 0 Å². The van der Waals surface area contributed by atoms with Crippen LogP contribution in [0.25, 0.3) is 16.7 Å². The fraction of sp³-hybridized carbons (Fsp3) is 0.364. The highest BCUT2D eigenvalue weighted by Gasteiger charge is 2.42. The number of hydroxylamine groups is 1. The molecule has 2 atom stereocenters. The second kappa shape index (κ2) is 9.70. The van der Waals surface area contributed by atoms with Gasteiger partial charge in [-0.2, -0.15) is 4.39 Å². The zero-order chi connectivity index (χ0) is 21.7. The summed E-state index contributed by atoms with van der Waals surface area (Å²) in [4.78, 5) is 17.8. The average molecular weight is 432 g/mol. The molecule has 2 unspecified atom stereocenters. The second-order valence-corrected chi connectivity index (χ2v) is 9.41. The molecule has 3 rings (SSSR count). The van der Waals surface area contributed by atoms with Crippen molar-refractivity contribution in [3.05, 3.63) is 60.2 Å². The number of nitrogens with one attached hydrogen (secondary N) is 1. The molecule has 1 aromatic heterocycles. The molecule has 0 saturated heterocycles. The van der Waals surface area contributed by atoms with Crippen LogP contribution < -0.4 is 5.48 Å². The maximum Gasteiger partial charge on any atom is 0.299 e. The Kier molecular flexibility index (Phi) is 7.25. The van der Waals surface area contributed by atoms with Crippen molar-refractivity contribution in [3.8, 4) is 11.1 Å². The van der Waals surface area contributed by atoms with Gasteiger partial charge in [-0.1, -0.05) is 30.3 Å². The molecule has 160 valence electrons. The molecule has 1 aliphatic heterocycles. The van der Waals surface area contributed by atoms with Crippen LogP contribution in [-0.2, 0) is 16.0 Å². The molecular weight excluding hydrogens is 405 g/mol. The van der Waals surface area contributed by atoms with Gasteiger partial charge in [-0.25, -0.2) is 10.5 Å². The SMILES string of the molecule is C[S+]([O-])C(C)(CCN1CC=C(c2ccc(-c3ccc(F)nc3)cc2)CC1)C(=O)NO. The Hall–Kier alpha value is -2.26. The number of hydrogen-bond acceptors (Lipinski definition) is 5. The van der Waals surface area contributed by atoms with E-state index in [4.69, 9.17) is 5.21 Å². The highest BCUT2D eigenvalue weighted by molar-refractivity contribution is 7.92. The van der Waals surface area contributed by atoms with Gasteiger partial charge in [-0.05, 0) is 53.4 Å². The molecule has 1 aliphatic rings. The summed E-state index contributed by atoms with van der Waals surface area (Å²) in [6.07, 6.45) is 6.44. The molecule has 6 nitrogen and oxygen atoms in total. The predicted molar refractivity (Wildman–Crippen MR) is 116 cm³/mol. The van der Waals surface area contributed by atoms with Gasteiger partial charge in [-0.15, -0.1) is 0 Å². The van der Waals surface area contributed by atoms with Gasteiger partial charge >= 0.3 is 0 Å². The van der Waals surface area contributed by atoms with Crippen molar-refractivity contribution in [1.29, 1.82) is 0 Å². The van der Waals surface area contributed by atoms with Crippen molar-refractivity contribution in [2.24, 2.45) is 0 Å². The molecule has 1 amide bonds. The van der Waals surface area contributed by atoms with E-state index < -0.39 is 27.8 Å². The van der Waals surface area contributed by atoms with Gasteiger partial charge in [0.2, 0.25) is 10.7 Å². The van der Waals surface area contributed by atoms with Crippen LogP contribution in [0.5, 0.6) is 0 Å². The zero-order valence-electron chi connectivity index (χ0n) is 17.1. The Morgan fingerprint density at radius 2 is 1.93 bits per heavy atom. The van der Waals surface area contributed by atoms with E-state index in [2.05, 4.69) is 28.1 Å². The lowest BCUT2D eigenvalue weighted by Gasteiger charge is -2.32. The van der Waals surface area contributed by atoms with E-state index in [-0.39, 0.29) is 0 Å². The lowest BCUT2D eigenvalue weighted by molar-refractivity contribution is -0.131. The summed E-state index contributed by atoms with van der Waals surface area (Å²) < 4.78 is 23.9. The quantitative estimate of drug-likeness (QED) is 0.305. The molecular formula is C22H26FN3O3S. The minimum Gasteiger partial charge on any atom is -0.616 e. The normalized spacial score (nSPS) is 17.7.